The third-order valence-electron chi connectivity index (χ3n) is 5.20. The van der Waals surface area contributed by atoms with E-state index >= 15 is 0 Å². The van der Waals surface area contributed by atoms with Crippen LogP contribution in [0.1, 0.15) is 46.5 Å². The molecule has 0 spiro atoms. The fourth-order valence-corrected chi connectivity index (χ4v) is 3.90. The van der Waals surface area contributed by atoms with Crippen molar-refractivity contribution in [3.8, 4) is 0 Å². The number of hydrogen-bond donors (Lipinski definition) is 0. The van der Waals surface area contributed by atoms with Gasteiger partial charge in [-0.3, -0.25) is 0 Å². The summed E-state index contributed by atoms with van der Waals surface area (Å²) < 4.78 is 6.05. The Balaban J connectivity index is 1.96. The van der Waals surface area contributed by atoms with Gasteiger partial charge < -0.3 is 4.74 Å². The highest BCUT2D eigenvalue weighted by Gasteiger charge is 2.60. The van der Waals surface area contributed by atoms with Crippen molar-refractivity contribution in [2.45, 2.75) is 52.6 Å². The Hall–Kier alpha value is 0.440. The predicted octanol–water partition coefficient (Wildman–Crippen LogP) is 4.00. The molecule has 2 aliphatic rings. The van der Waals surface area contributed by atoms with Gasteiger partial charge in [0.2, 0.25) is 0 Å². The Bertz CT molecular complexity index is 236. The molecule has 0 radical (unpaired) electrons. The molecule has 2 aliphatic carbocycles. The monoisotopic (exact) mass is 274 g/mol. The largest absolute Gasteiger partial charge is 0.378 e. The average Bonchev–Trinajstić information content (AvgIpc) is 2.49. The summed E-state index contributed by atoms with van der Waals surface area (Å²) in [7, 11) is 0. The van der Waals surface area contributed by atoms with Crippen LogP contribution in [0.3, 0.4) is 0 Å². The Morgan fingerprint density at radius 2 is 2.07 bits per heavy atom. The van der Waals surface area contributed by atoms with E-state index in [9.17, 15) is 0 Å². The quantitative estimate of drug-likeness (QED) is 0.556. The SMILES string of the molecule is CC12CCC(C(OCCCBr)C1)C2(C)C. The van der Waals surface area contributed by atoms with Crippen LogP contribution in [0.15, 0.2) is 0 Å². The predicted molar refractivity (Wildman–Crippen MR) is 67.4 cm³/mol. The van der Waals surface area contributed by atoms with Gasteiger partial charge in [-0.25, -0.2) is 0 Å². The standard InChI is InChI=1S/C13H23BrO/c1-12(2)10-5-6-13(12,3)9-11(10)15-8-4-7-14/h10-11H,4-9H2,1-3H3. The summed E-state index contributed by atoms with van der Waals surface area (Å²) in [6, 6.07) is 0. The normalized spacial score (nSPS) is 42.4. The van der Waals surface area contributed by atoms with Gasteiger partial charge in [-0.1, -0.05) is 36.7 Å². The molecule has 0 aromatic heterocycles. The van der Waals surface area contributed by atoms with Crippen molar-refractivity contribution in [1.82, 2.24) is 0 Å². The fraction of sp³-hybridized carbons (Fsp3) is 1.00. The number of fused-ring (bicyclic) bond motifs is 2. The Kier molecular flexibility index (Phi) is 3.20. The summed E-state index contributed by atoms with van der Waals surface area (Å²) >= 11 is 3.45. The molecule has 0 aromatic carbocycles. The summed E-state index contributed by atoms with van der Waals surface area (Å²) in [4.78, 5) is 0. The lowest BCUT2D eigenvalue weighted by molar-refractivity contribution is 0.00592. The lowest BCUT2D eigenvalue weighted by Gasteiger charge is -2.33. The van der Waals surface area contributed by atoms with Crippen molar-refractivity contribution in [3.05, 3.63) is 0 Å². The zero-order chi connectivity index (χ0) is 11.1. The molecular formula is C13H23BrO. The first kappa shape index (κ1) is 11.9. The van der Waals surface area contributed by atoms with Gasteiger partial charge in [-0.05, 0) is 42.4 Å². The first-order valence-corrected chi connectivity index (χ1v) is 7.31. The van der Waals surface area contributed by atoms with E-state index in [4.69, 9.17) is 4.74 Å². The summed E-state index contributed by atoms with van der Waals surface area (Å²) in [5, 5.41) is 1.06. The van der Waals surface area contributed by atoms with E-state index < -0.39 is 0 Å². The second-order valence-corrected chi connectivity index (χ2v) is 6.88. The third-order valence-corrected chi connectivity index (χ3v) is 5.76. The molecule has 3 unspecified atom stereocenters. The highest BCUT2D eigenvalue weighted by atomic mass is 79.9. The molecule has 0 amide bonds. The lowest BCUT2D eigenvalue weighted by Crippen LogP contribution is -2.27. The molecule has 15 heavy (non-hydrogen) atoms. The van der Waals surface area contributed by atoms with Gasteiger partial charge in [0.05, 0.1) is 6.10 Å². The maximum absolute atomic E-state index is 6.05. The molecule has 2 rings (SSSR count). The molecule has 3 atom stereocenters. The van der Waals surface area contributed by atoms with Crippen molar-refractivity contribution < 1.29 is 4.74 Å². The minimum atomic E-state index is 0.492. The van der Waals surface area contributed by atoms with Crippen LogP contribution in [-0.4, -0.2) is 18.0 Å². The molecule has 2 bridgehead atoms. The van der Waals surface area contributed by atoms with E-state index in [0.717, 1.165) is 24.3 Å². The Morgan fingerprint density at radius 1 is 1.33 bits per heavy atom. The number of ether oxygens (including phenoxy) is 1. The van der Waals surface area contributed by atoms with Crippen LogP contribution in [-0.2, 0) is 4.74 Å². The van der Waals surface area contributed by atoms with Gasteiger partial charge in [0, 0.05) is 11.9 Å². The van der Waals surface area contributed by atoms with Crippen LogP contribution < -0.4 is 0 Å². The average molecular weight is 275 g/mol. The van der Waals surface area contributed by atoms with E-state index in [1.165, 1.54) is 19.3 Å². The molecule has 88 valence electrons. The molecule has 2 fully saturated rings. The van der Waals surface area contributed by atoms with Crippen molar-refractivity contribution in [3.63, 3.8) is 0 Å². The van der Waals surface area contributed by atoms with Gasteiger partial charge in [-0.2, -0.15) is 0 Å². The van der Waals surface area contributed by atoms with E-state index in [2.05, 4.69) is 36.7 Å². The third kappa shape index (κ3) is 1.78. The van der Waals surface area contributed by atoms with Gasteiger partial charge >= 0.3 is 0 Å². The van der Waals surface area contributed by atoms with Gasteiger partial charge in [0.25, 0.3) is 0 Å². The molecule has 0 N–H and O–H groups in total. The minimum absolute atomic E-state index is 0.492. The molecule has 1 nitrogen and oxygen atoms in total. The first-order chi connectivity index (χ1) is 7.01. The highest BCUT2D eigenvalue weighted by Crippen LogP contribution is 2.66. The first-order valence-electron chi connectivity index (χ1n) is 6.19. The maximum Gasteiger partial charge on any atom is 0.0614 e. The van der Waals surface area contributed by atoms with Gasteiger partial charge in [0.15, 0.2) is 0 Å². The summed E-state index contributed by atoms with van der Waals surface area (Å²) in [6.07, 6.45) is 5.75. The molecule has 2 heteroatoms. The molecule has 0 heterocycles. The Labute approximate surface area is 102 Å². The van der Waals surface area contributed by atoms with Gasteiger partial charge in [-0.15, -0.1) is 0 Å². The fourth-order valence-electron chi connectivity index (χ4n) is 3.67. The number of rotatable bonds is 4. The number of alkyl halides is 1. The van der Waals surface area contributed by atoms with E-state index in [0.29, 0.717) is 16.9 Å². The van der Waals surface area contributed by atoms with Crippen molar-refractivity contribution >= 4 is 15.9 Å². The number of halogens is 1. The Morgan fingerprint density at radius 3 is 2.53 bits per heavy atom. The highest BCUT2D eigenvalue weighted by molar-refractivity contribution is 9.09. The summed E-state index contributed by atoms with van der Waals surface area (Å²) in [5.41, 5.74) is 1.03. The van der Waals surface area contributed by atoms with Crippen LogP contribution in [0.4, 0.5) is 0 Å². The van der Waals surface area contributed by atoms with Crippen LogP contribution in [0.2, 0.25) is 0 Å². The topological polar surface area (TPSA) is 9.23 Å². The summed E-state index contributed by atoms with van der Waals surface area (Å²) in [5.74, 6) is 0.804. The molecule has 0 aromatic rings. The molecule has 0 saturated heterocycles. The molecular weight excluding hydrogens is 252 g/mol. The van der Waals surface area contributed by atoms with Crippen molar-refractivity contribution in [1.29, 1.82) is 0 Å². The van der Waals surface area contributed by atoms with Crippen LogP contribution in [0, 0.1) is 16.7 Å². The zero-order valence-corrected chi connectivity index (χ0v) is 11.8. The van der Waals surface area contributed by atoms with Crippen molar-refractivity contribution in [2.24, 2.45) is 16.7 Å². The van der Waals surface area contributed by atoms with Crippen molar-refractivity contribution in [2.75, 3.05) is 11.9 Å². The van der Waals surface area contributed by atoms with Crippen LogP contribution >= 0.6 is 15.9 Å². The second-order valence-electron chi connectivity index (χ2n) is 6.08. The second kappa shape index (κ2) is 4.03. The maximum atomic E-state index is 6.05. The van der Waals surface area contributed by atoms with E-state index in [1.807, 2.05) is 0 Å². The smallest absolute Gasteiger partial charge is 0.0614 e. The van der Waals surface area contributed by atoms with Crippen LogP contribution in [0.5, 0.6) is 0 Å². The van der Waals surface area contributed by atoms with Crippen LogP contribution in [0.25, 0.3) is 0 Å². The lowest BCUT2D eigenvalue weighted by atomic mass is 9.71. The number of hydrogen-bond acceptors (Lipinski definition) is 1. The molecule has 0 aliphatic heterocycles. The molecule has 2 saturated carbocycles. The summed E-state index contributed by atoms with van der Waals surface area (Å²) in [6.45, 7) is 8.27. The van der Waals surface area contributed by atoms with E-state index in [1.54, 1.807) is 0 Å². The minimum Gasteiger partial charge on any atom is -0.378 e. The van der Waals surface area contributed by atoms with E-state index in [-0.39, 0.29) is 0 Å². The van der Waals surface area contributed by atoms with Gasteiger partial charge in [0.1, 0.15) is 0 Å². The zero-order valence-electron chi connectivity index (χ0n) is 10.2.